The van der Waals surface area contributed by atoms with Gasteiger partial charge in [-0.3, -0.25) is 0 Å². The Kier molecular flexibility index (Phi) is 4.61. The molecule has 0 aromatic heterocycles. The fraction of sp³-hybridized carbons (Fsp3) is 0.273. The molecule has 1 aromatic carbocycles. The second-order valence-corrected chi connectivity index (χ2v) is 3.71. The first-order chi connectivity index (χ1) is 6.33. The molecule has 1 aromatic rings. The normalized spacial score (nSPS) is 11.7. The lowest BCUT2D eigenvalue weighted by atomic mass is 10.4. The van der Waals surface area contributed by atoms with Gasteiger partial charge in [-0.15, -0.1) is 11.8 Å². The molecule has 0 unspecified atom stereocenters. The Balaban J connectivity index is 2.39. The number of allylic oxidation sites excluding steroid dienone is 1. The highest BCUT2D eigenvalue weighted by molar-refractivity contribution is 7.99. The van der Waals surface area contributed by atoms with Crippen LogP contribution in [0.2, 0.25) is 0 Å². The van der Waals surface area contributed by atoms with E-state index < -0.39 is 0 Å². The zero-order chi connectivity index (χ0) is 9.52. The summed E-state index contributed by atoms with van der Waals surface area (Å²) >= 11 is 1.53. The van der Waals surface area contributed by atoms with Crippen molar-refractivity contribution in [2.45, 2.75) is 18.2 Å². The van der Waals surface area contributed by atoms with Crippen LogP contribution in [0.4, 0.5) is 4.39 Å². The van der Waals surface area contributed by atoms with Gasteiger partial charge in [-0.2, -0.15) is 0 Å². The van der Waals surface area contributed by atoms with E-state index in [1.165, 1.54) is 11.8 Å². The van der Waals surface area contributed by atoms with Crippen LogP contribution in [0.1, 0.15) is 13.3 Å². The van der Waals surface area contributed by atoms with Gasteiger partial charge >= 0.3 is 0 Å². The predicted octanol–water partition coefficient (Wildman–Crippen LogP) is 4.04. The number of rotatable bonds is 4. The van der Waals surface area contributed by atoms with Crippen molar-refractivity contribution in [3.8, 4) is 0 Å². The summed E-state index contributed by atoms with van der Waals surface area (Å²) in [7, 11) is 0. The molecule has 0 amide bonds. The van der Waals surface area contributed by atoms with Crippen molar-refractivity contribution in [1.82, 2.24) is 0 Å². The van der Waals surface area contributed by atoms with E-state index in [9.17, 15) is 4.39 Å². The maximum Gasteiger partial charge on any atom is 0.106 e. The third kappa shape index (κ3) is 4.13. The Bertz CT molecular complexity index is 267. The molecule has 70 valence electrons. The van der Waals surface area contributed by atoms with E-state index in [-0.39, 0.29) is 5.83 Å². The smallest absolute Gasteiger partial charge is 0.106 e. The molecule has 0 spiro atoms. The first kappa shape index (κ1) is 10.3. The summed E-state index contributed by atoms with van der Waals surface area (Å²) in [6.07, 6.45) is 2.39. The van der Waals surface area contributed by atoms with Crippen molar-refractivity contribution in [3.05, 3.63) is 42.2 Å². The van der Waals surface area contributed by atoms with E-state index in [0.29, 0.717) is 5.75 Å². The molecule has 0 atom stereocenters. The molecule has 0 fully saturated rings. The van der Waals surface area contributed by atoms with Crippen molar-refractivity contribution in [2.75, 3.05) is 5.75 Å². The number of hydrogen-bond acceptors (Lipinski definition) is 1. The SMILES string of the molecule is CC/C=C(\F)CSc1ccccc1. The summed E-state index contributed by atoms with van der Waals surface area (Å²) in [6.45, 7) is 1.94. The highest BCUT2D eigenvalue weighted by atomic mass is 32.2. The maximum absolute atomic E-state index is 12.9. The van der Waals surface area contributed by atoms with Gasteiger partial charge in [0.25, 0.3) is 0 Å². The van der Waals surface area contributed by atoms with Gasteiger partial charge in [-0.1, -0.05) is 31.2 Å². The lowest BCUT2D eigenvalue weighted by Crippen LogP contribution is -1.79. The van der Waals surface area contributed by atoms with Crippen LogP contribution in [0.3, 0.4) is 0 Å². The van der Waals surface area contributed by atoms with Crippen LogP contribution in [0, 0.1) is 0 Å². The van der Waals surface area contributed by atoms with Crippen LogP contribution in [-0.4, -0.2) is 5.75 Å². The molecule has 0 saturated heterocycles. The van der Waals surface area contributed by atoms with E-state index in [2.05, 4.69) is 0 Å². The standard InChI is InChI=1S/C11H13FS/c1-2-6-10(12)9-13-11-7-4-3-5-8-11/h3-8H,2,9H2,1H3/b10-6-. The van der Waals surface area contributed by atoms with Crippen molar-refractivity contribution in [2.24, 2.45) is 0 Å². The second kappa shape index (κ2) is 5.81. The van der Waals surface area contributed by atoms with Gasteiger partial charge in [-0.05, 0) is 18.6 Å². The summed E-state index contributed by atoms with van der Waals surface area (Å²) in [5.41, 5.74) is 0. The third-order valence-electron chi connectivity index (χ3n) is 1.55. The molecular formula is C11H13FS. The van der Waals surface area contributed by atoms with Gasteiger partial charge in [0, 0.05) is 10.6 Å². The molecule has 2 heteroatoms. The second-order valence-electron chi connectivity index (χ2n) is 2.66. The lowest BCUT2D eigenvalue weighted by molar-refractivity contribution is 0.639. The van der Waals surface area contributed by atoms with Crippen molar-refractivity contribution in [1.29, 1.82) is 0 Å². The van der Waals surface area contributed by atoms with Gasteiger partial charge in [-0.25, -0.2) is 4.39 Å². The highest BCUT2D eigenvalue weighted by Crippen LogP contribution is 2.20. The molecule has 0 N–H and O–H groups in total. The molecule has 1 rings (SSSR count). The monoisotopic (exact) mass is 196 g/mol. The quantitative estimate of drug-likeness (QED) is 0.655. The topological polar surface area (TPSA) is 0 Å². The predicted molar refractivity (Wildman–Crippen MR) is 56.6 cm³/mol. The minimum atomic E-state index is -0.0312. The van der Waals surface area contributed by atoms with E-state index in [1.807, 2.05) is 37.3 Å². The highest BCUT2D eigenvalue weighted by Gasteiger charge is 1.95. The molecule has 0 heterocycles. The van der Waals surface area contributed by atoms with Crippen molar-refractivity contribution >= 4 is 11.8 Å². The molecule has 0 aliphatic carbocycles. The van der Waals surface area contributed by atoms with Crippen LogP contribution in [0.25, 0.3) is 0 Å². The lowest BCUT2D eigenvalue weighted by Gasteiger charge is -1.98. The van der Waals surface area contributed by atoms with E-state index in [1.54, 1.807) is 6.08 Å². The van der Waals surface area contributed by atoms with E-state index in [0.717, 1.165) is 11.3 Å². The molecule has 0 bridgehead atoms. The summed E-state index contributed by atoms with van der Waals surface area (Å²) in [5.74, 6) is 0.411. The average Bonchev–Trinajstić information content (AvgIpc) is 2.17. The molecule has 0 nitrogen and oxygen atoms in total. The third-order valence-corrected chi connectivity index (χ3v) is 2.57. The van der Waals surface area contributed by atoms with Crippen molar-refractivity contribution in [3.63, 3.8) is 0 Å². The minimum Gasteiger partial charge on any atom is -0.211 e. The molecule has 0 aliphatic rings. The Morgan fingerprint density at radius 3 is 2.69 bits per heavy atom. The summed E-state index contributed by atoms with van der Waals surface area (Å²) in [4.78, 5) is 1.11. The van der Waals surface area contributed by atoms with Crippen LogP contribution < -0.4 is 0 Å². The van der Waals surface area contributed by atoms with Gasteiger partial charge in [0.05, 0.1) is 0 Å². The number of thioether (sulfide) groups is 1. The van der Waals surface area contributed by atoms with Gasteiger partial charge in [0.2, 0.25) is 0 Å². The van der Waals surface area contributed by atoms with Crippen LogP contribution in [0.15, 0.2) is 47.1 Å². The van der Waals surface area contributed by atoms with Gasteiger partial charge < -0.3 is 0 Å². The molecule has 0 saturated carbocycles. The zero-order valence-corrected chi connectivity index (χ0v) is 8.48. The average molecular weight is 196 g/mol. The van der Waals surface area contributed by atoms with Crippen LogP contribution in [-0.2, 0) is 0 Å². The molecular weight excluding hydrogens is 183 g/mol. The van der Waals surface area contributed by atoms with E-state index >= 15 is 0 Å². The summed E-state index contributed by atoms with van der Waals surface area (Å²) in [5, 5.41) is 0. The fourth-order valence-electron chi connectivity index (χ4n) is 0.949. The number of benzene rings is 1. The Morgan fingerprint density at radius 2 is 2.08 bits per heavy atom. The number of halogens is 1. The largest absolute Gasteiger partial charge is 0.211 e. The van der Waals surface area contributed by atoms with Crippen LogP contribution in [0.5, 0.6) is 0 Å². The zero-order valence-electron chi connectivity index (χ0n) is 7.66. The van der Waals surface area contributed by atoms with Crippen LogP contribution >= 0.6 is 11.8 Å². The number of hydrogen-bond donors (Lipinski definition) is 0. The van der Waals surface area contributed by atoms with Crippen molar-refractivity contribution < 1.29 is 4.39 Å². The van der Waals surface area contributed by atoms with E-state index in [4.69, 9.17) is 0 Å². The summed E-state index contributed by atoms with van der Waals surface area (Å²) in [6, 6.07) is 9.86. The first-order valence-corrected chi connectivity index (χ1v) is 5.34. The first-order valence-electron chi connectivity index (χ1n) is 4.35. The molecule has 0 aliphatic heterocycles. The Hall–Kier alpha value is -0.760. The minimum absolute atomic E-state index is 0.0312. The fourth-order valence-corrected chi connectivity index (χ4v) is 1.72. The molecule has 0 radical (unpaired) electrons. The maximum atomic E-state index is 12.9. The van der Waals surface area contributed by atoms with Gasteiger partial charge in [0.15, 0.2) is 0 Å². The molecule has 13 heavy (non-hydrogen) atoms. The Morgan fingerprint density at radius 1 is 1.38 bits per heavy atom. The van der Waals surface area contributed by atoms with Gasteiger partial charge in [0.1, 0.15) is 5.83 Å². The Labute approximate surface area is 82.9 Å². The summed E-state index contributed by atoms with van der Waals surface area (Å²) < 4.78 is 12.9.